The number of quaternary nitrogens is 1. The van der Waals surface area contributed by atoms with Gasteiger partial charge in [0.15, 0.2) is 0 Å². The second kappa shape index (κ2) is 8.10. The standard InChI is InChI=1S/C19H25N3O3S2/c1-14-15(2)26-19(20-16(3)23)18(14)13-21-9-11-22(12-10-21)27(24,25)17-7-5-4-6-8-17/h4-8H,9-13H2,1-3H3,(H,20,23)/p+1. The Balaban J connectivity index is 1.68. The second-order valence-electron chi connectivity index (χ2n) is 6.92. The molecular weight excluding hydrogens is 382 g/mol. The second-order valence-corrected chi connectivity index (χ2v) is 10.1. The highest BCUT2D eigenvalue weighted by molar-refractivity contribution is 7.89. The lowest BCUT2D eigenvalue weighted by atomic mass is 10.1. The van der Waals surface area contributed by atoms with Crippen LogP contribution >= 0.6 is 11.3 Å². The SMILES string of the molecule is CC(=O)Nc1sc(C)c(C)c1C[NH+]1CCN(S(=O)(=O)c2ccccc2)CC1. The number of carbonyl (C=O) groups excluding carboxylic acids is 1. The van der Waals surface area contributed by atoms with Crippen molar-refractivity contribution in [1.82, 2.24) is 4.31 Å². The highest BCUT2D eigenvalue weighted by Crippen LogP contribution is 2.31. The Morgan fingerprint density at radius 1 is 1.19 bits per heavy atom. The van der Waals surface area contributed by atoms with E-state index in [1.165, 1.54) is 27.8 Å². The Bertz CT molecular complexity index is 915. The van der Waals surface area contributed by atoms with Gasteiger partial charge in [0.05, 0.1) is 31.1 Å². The fraction of sp³-hybridized carbons (Fsp3) is 0.421. The van der Waals surface area contributed by atoms with Crippen LogP contribution in [0, 0.1) is 13.8 Å². The monoisotopic (exact) mass is 408 g/mol. The van der Waals surface area contributed by atoms with E-state index in [1.54, 1.807) is 39.9 Å². The molecule has 0 atom stereocenters. The van der Waals surface area contributed by atoms with E-state index in [2.05, 4.69) is 19.2 Å². The van der Waals surface area contributed by atoms with Crippen LogP contribution in [-0.2, 0) is 21.4 Å². The molecule has 1 amide bonds. The Labute approximate surface area is 164 Å². The molecule has 0 saturated carbocycles. The van der Waals surface area contributed by atoms with Crippen LogP contribution in [0.5, 0.6) is 0 Å². The minimum atomic E-state index is -3.42. The van der Waals surface area contributed by atoms with Crippen molar-refractivity contribution < 1.29 is 18.1 Å². The van der Waals surface area contributed by atoms with Gasteiger partial charge in [-0.05, 0) is 31.5 Å². The number of amides is 1. The summed E-state index contributed by atoms with van der Waals surface area (Å²) in [6.07, 6.45) is 0. The lowest BCUT2D eigenvalue weighted by Crippen LogP contribution is -3.13. The number of thiophene rings is 1. The Kier molecular flexibility index (Phi) is 6.00. The maximum Gasteiger partial charge on any atom is 0.243 e. The molecule has 146 valence electrons. The highest BCUT2D eigenvalue weighted by Gasteiger charge is 2.31. The summed E-state index contributed by atoms with van der Waals surface area (Å²) in [5.74, 6) is -0.0636. The van der Waals surface area contributed by atoms with Crippen molar-refractivity contribution in [3.8, 4) is 0 Å². The van der Waals surface area contributed by atoms with E-state index in [1.807, 2.05) is 6.07 Å². The number of piperazine rings is 1. The molecule has 0 unspecified atom stereocenters. The normalized spacial score (nSPS) is 16.4. The zero-order valence-corrected chi connectivity index (χ0v) is 17.5. The van der Waals surface area contributed by atoms with Crippen LogP contribution < -0.4 is 10.2 Å². The third-order valence-electron chi connectivity index (χ3n) is 5.04. The molecule has 1 aliphatic heterocycles. The van der Waals surface area contributed by atoms with Crippen molar-refractivity contribution in [3.63, 3.8) is 0 Å². The van der Waals surface area contributed by atoms with Crippen molar-refractivity contribution in [2.45, 2.75) is 32.2 Å². The van der Waals surface area contributed by atoms with Crippen LogP contribution in [0.4, 0.5) is 5.00 Å². The fourth-order valence-corrected chi connectivity index (χ4v) is 5.95. The van der Waals surface area contributed by atoms with Crippen molar-refractivity contribution in [1.29, 1.82) is 0 Å². The molecule has 27 heavy (non-hydrogen) atoms. The molecule has 3 rings (SSSR count). The molecule has 0 bridgehead atoms. The van der Waals surface area contributed by atoms with Crippen molar-refractivity contribution in [3.05, 3.63) is 46.3 Å². The quantitative estimate of drug-likeness (QED) is 0.786. The average molecular weight is 409 g/mol. The molecule has 0 aliphatic carbocycles. The van der Waals surface area contributed by atoms with Gasteiger partial charge in [0.1, 0.15) is 11.5 Å². The predicted octanol–water partition coefficient (Wildman–Crippen LogP) is 1.41. The molecule has 1 saturated heterocycles. The summed E-state index contributed by atoms with van der Waals surface area (Å²) in [7, 11) is -3.42. The number of benzene rings is 1. The number of rotatable bonds is 5. The van der Waals surface area contributed by atoms with E-state index < -0.39 is 10.0 Å². The van der Waals surface area contributed by atoms with Gasteiger partial charge in [0.2, 0.25) is 15.9 Å². The van der Waals surface area contributed by atoms with E-state index >= 15 is 0 Å². The number of hydrogen-bond donors (Lipinski definition) is 2. The fourth-order valence-electron chi connectivity index (χ4n) is 3.36. The van der Waals surface area contributed by atoms with Gasteiger partial charge in [-0.3, -0.25) is 4.79 Å². The molecular formula is C19H26N3O3S2+. The summed E-state index contributed by atoms with van der Waals surface area (Å²) >= 11 is 1.61. The zero-order chi connectivity index (χ0) is 19.6. The number of aryl methyl sites for hydroxylation is 1. The maximum atomic E-state index is 12.8. The first-order valence-corrected chi connectivity index (χ1v) is 11.3. The van der Waals surface area contributed by atoms with Gasteiger partial charge in [-0.15, -0.1) is 11.3 Å². The Morgan fingerprint density at radius 2 is 1.81 bits per heavy atom. The zero-order valence-electron chi connectivity index (χ0n) is 15.9. The molecule has 1 aromatic carbocycles. The van der Waals surface area contributed by atoms with Gasteiger partial charge >= 0.3 is 0 Å². The van der Waals surface area contributed by atoms with E-state index in [-0.39, 0.29) is 5.91 Å². The van der Waals surface area contributed by atoms with Crippen LogP contribution in [0.3, 0.4) is 0 Å². The topological polar surface area (TPSA) is 70.9 Å². The summed E-state index contributed by atoms with van der Waals surface area (Å²) < 4.78 is 27.1. The largest absolute Gasteiger partial charge is 0.329 e. The van der Waals surface area contributed by atoms with E-state index in [4.69, 9.17) is 0 Å². The first-order valence-electron chi connectivity index (χ1n) is 9.04. The number of anilines is 1. The Hall–Kier alpha value is -1.74. The van der Waals surface area contributed by atoms with Gasteiger partial charge in [-0.1, -0.05) is 18.2 Å². The predicted molar refractivity (Wildman–Crippen MR) is 108 cm³/mol. The van der Waals surface area contributed by atoms with Crippen molar-refractivity contribution >= 4 is 32.3 Å². The first-order chi connectivity index (χ1) is 12.8. The van der Waals surface area contributed by atoms with E-state index in [0.717, 1.165) is 24.6 Å². The summed E-state index contributed by atoms with van der Waals surface area (Å²) in [5, 5.41) is 3.86. The minimum Gasteiger partial charge on any atom is -0.329 e. The lowest BCUT2D eigenvalue weighted by molar-refractivity contribution is -0.917. The molecule has 1 aliphatic rings. The van der Waals surface area contributed by atoms with Gasteiger partial charge in [-0.25, -0.2) is 8.42 Å². The summed E-state index contributed by atoms with van der Waals surface area (Å²) in [6.45, 7) is 8.98. The van der Waals surface area contributed by atoms with Crippen LogP contribution in [-0.4, -0.2) is 44.8 Å². The van der Waals surface area contributed by atoms with Gasteiger partial charge < -0.3 is 10.2 Å². The minimum absolute atomic E-state index is 0.0636. The number of nitrogens with one attached hydrogen (secondary N) is 2. The van der Waals surface area contributed by atoms with Gasteiger partial charge in [0.25, 0.3) is 0 Å². The molecule has 6 nitrogen and oxygen atoms in total. The van der Waals surface area contributed by atoms with Gasteiger partial charge in [0, 0.05) is 17.4 Å². The third-order valence-corrected chi connectivity index (χ3v) is 8.11. The molecule has 8 heteroatoms. The van der Waals surface area contributed by atoms with Crippen LogP contribution in [0.15, 0.2) is 35.2 Å². The lowest BCUT2D eigenvalue weighted by Gasteiger charge is -2.31. The highest BCUT2D eigenvalue weighted by atomic mass is 32.2. The van der Waals surface area contributed by atoms with Crippen LogP contribution in [0.2, 0.25) is 0 Å². The van der Waals surface area contributed by atoms with Gasteiger partial charge in [-0.2, -0.15) is 4.31 Å². The average Bonchev–Trinajstić information content (AvgIpc) is 2.90. The molecule has 1 fully saturated rings. The molecule has 2 aromatic rings. The van der Waals surface area contributed by atoms with E-state index in [9.17, 15) is 13.2 Å². The van der Waals surface area contributed by atoms with Crippen LogP contribution in [0.1, 0.15) is 22.9 Å². The smallest absolute Gasteiger partial charge is 0.243 e. The molecule has 1 aromatic heterocycles. The van der Waals surface area contributed by atoms with Crippen molar-refractivity contribution in [2.75, 3.05) is 31.5 Å². The summed E-state index contributed by atoms with van der Waals surface area (Å²) in [5.41, 5.74) is 2.39. The number of hydrogen-bond acceptors (Lipinski definition) is 4. The number of carbonyl (C=O) groups is 1. The Morgan fingerprint density at radius 3 is 2.41 bits per heavy atom. The maximum absolute atomic E-state index is 12.8. The van der Waals surface area contributed by atoms with Crippen LogP contribution in [0.25, 0.3) is 0 Å². The molecule has 2 N–H and O–H groups in total. The first kappa shape index (κ1) is 20.0. The molecule has 2 heterocycles. The molecule has 0 radical (unpaired) electrons. The third kappa shape index (κ3) is 4.40. The van der Waals surface area contributed by atoms with E-state index in [0.29, 0.717) is 18.0 Å². The number of nitrogens with zero attached hydrogens (tertiary/aromatic N) is 1. The summed E-state index contributed by atoms with van der Waals surface area (Å²) in [6, 6.07) is 8.61. The summed E-state index contributed by atoms with van der Waals surface area (Å²) in [4.78, 5) is 14.4. The molecule has 0 spiro atoms. The number of sulfonamides is 1. The van der Waals surface area contributed by atoms with Crippen molar-refractivity contribution in [2.24, 2.45) is 0 Å².